The van der Waals surface area contributed by atoms with Gasteiger partial charge in [-0.3, -0.25) is 78.4 Å². The molecule has 13 aliphatic heterocycles. The smallest absolute Gasteiger partial charge is 0.326 e. The molecule has 11 fully saturated rings. The number of halogens is 2. The van der Waals surface area contributed by atoms with Crippen LogP contribution in [0.4, 0.5) is 38.4 Å². The lowest BCUT2D eigenvalue weighted by molar-refractivity contribution is -0.0871. The molecule has 40 heteroatoms. The second kappa shape index (κ2) is 21.0. The number of hydrogen-bond donors (Lipinski definition) is 2. The van der Waals surface area contributed by atoms with E-state index in [9.17, 15) is 25.9 Å². The van der Waals surface area contributed by atoms with Crippen molar-refractivity contribution >= 4 is 100 Å². The number of amides is 16. The van der Waals surface area contributed by atoms with Gasteiger partial charge in [0, 0.05) is 44.4 Å². The van der Waals surface area contributed by atoms with E-state index in [0.717, 1.165) is 0 Å². The lowest BCUT2D eigenvalue weighted by atomic mass is 9.95. The number of quaternary nitrogens is 2. The number of fused-ring (bicyclic) bond motifs is 2. The molecule has 0 radical (unpaired) electrons. The number of rotatable bonds is 16. The number of hydrogen-bond acceptors (Lipinski definition) is 18. The van der Waals surface area contributed by atoms with Crippen LogP contribution in [0.1, 0.15) is 62.8 Å². The Morgan fingerprint density at radius 1 is 0.380 bits per heavy atom. The summed E-state index contributed by atoms with van der Waals surface area (Å²) >= 11 is 6.87. The summed E-state index contributed by atoms with van der Waals surface area (Å²) in [6.45, 7) is 3.49. The van der Waals surface area contributed by atoms with E-state index in [4.69, 9.17) is 18.9 Å². The molecule has 92 heavy (non-hydrogen) atoms. The summed E-state index contributed by atoms with van der Waals surface area (Å²) in [5, 5.41) is 1.03. The minimum absolute atomic E-state index is 0. The van der Waals surface area contributed by atoms with Crippen LogP contribution in [0.3, 0.4) is 0 Å². The first-order valence-electron chi connectivity index (χ1n) is 29.1. The Balaban J connectivity index is 0.00000386. The van der Waals surface area contributed by atoms with Crippen LogP contribution in [-0.2, 0) is 46.4 Å². The minimum Gasteiger partial charge on any atom is -0.748 e. The maximum Gasteiger partial charge on any atom is 0.326 e. The Kier molecular flexibility index (Phi) is 14.4. The van der Waals surface area contributed by atoms with Crippen LogP contribution < -0.4 is 31.2 Å². The zero-order chi connectivity index (χ0) is 63.6. The van der Waals surface area contributed by atoms with Crippen LogP contribution in [0.15, 0.2) is 24.3 Å². The Morgan fingerprint density at radius 2 is 0.598 bits per heavy atom. The van der Waals surface area contributed by atoms with Crippen molar-refractivity contribution < 1.29 is 83.2 Å². The zero-order valence-electron chi connectivity index (χ0n) is 50.8. The first kappa shape index (κ1) is 63.3. The summed E-state index contributed by atoms with van der Waals surface area (Å²) in [6, 6.07) is 1.45. The molecular formula is C52H68Br2N18O18S2. The van der Waals surface area contributed by atoms with E-state index in [0.29, 0.717) is 57.6 Å². The fraction of sp³-hybridized carbons (Fsp3) is 0.615. The average Bonchev–Trinajstić information content (AvgIpc) is 1.50. The lowest BCUT2D eigenvalue weighted by Gasteiger charge is -2.49. The van der Waals surface area contributed by atoms with Crippen molar-refractivity contribution in [2.24, 2.45) is 0 Å². The molecule has 2 aromatic carbocycles. The van der Waals surface area contributed by atoms with Gasteiger partial charge in [0.05, 0.1) is 72.8 Å². The first-order valence-corrected chi connectivity index (χ1v) is 34.5. The molecule has 13 heterocycles. The maximum absolute atomic E-state index is 15.6. The van der Waals surface area contributed by atoms with Crippen molar-refractivity contribution in [3.63, 3.8) is 0 Å². The van der Waals surface area contributed by atoms with E-state index < -0.39 is 167 Å². The summed E-state index contributed by atoms with van der Waals surface area (Å²) in [7, 11) is -9.22. The van der Waals surface area contributed by atoms with E-state index in [-0.39, 0.29) is 76.0 Å². The predicted molar refractivity (Wildman–Crippen MR) is 318 cm³/mol. The van der Waals surface area contributed by atoms with Gasteiger partial charge in [-0.2, -0.15) is 0 Å². The Labute approximate surface area is 543 Å². The highest BCUT2D eigenvalue weighted by atomic mass is 79.9. The summed E-state index contributed by atoms with van der Waals surface area (Å²) in [5.41, 5.74) is -4.38. The Hall–Kier alpha value is -7.50. The van der Waals surface area contributed by atoms with Gasteiger partial charge < -0.3 is 40.4 Å². The monoisotopic (exact) mass is 1450 g/mol. The van der Waals surface area contributed by atoms with E-state index >= 15 is 38.4 Å². The summed E-state index contributed by atoms with van der Waals surface area (Å²) < 4.78 is 93.7. The third-order valence-electron chi connectivity index (χ3n) is 20.9. The van der Waals surface area contributed by atoms with Crippen LogP contribution in [0.5, 0.6) is 23.0 Å². The van der Waals surface area contributed by atoms with Crippen molar-refractivity contribution in [3.8, 4) is 23.0 Å². The lowest BCUT2D eigenvalue weighted by Crippen LogP contribution is -2.69. The van der Waals surface area contributed by atoms with E-state index in [1.165, 1.54) is 80.7 Å². The number of carbonyl (C=O) groups excluding carboxylic acids is 8. The number of nitrogens with zero attached hydrogens (tertiary/aromatic N) is 16. The molecule has 11 saturated heterocycles. The largest absolute Gasteiger partial charge is 0.748 e. The molecule has 16 amide bonds. The number of ether oxygens (including phenoxy) is 4. The summed E-state index contributed by atoms with van der Waals surface area (Å²) in [5.74, 6) is -0.188. The van der Waals surface area contributed by atoms with Gasteiger partial charge in [-0.25, -0.2) is 55.2 Å². The van der Waals surface area contributed by atoms with Gasteiger partial charge in [0.15, 0.2) is 47.3 Å². The Bertz CT molecular complexity index is 3620. The van der Waals surface area contributed by atoms with E-state index in [1.807, 2.05) is 0 Å². The first-order chi connectivity index (χ1) is 42.6. The van der Waals surface area contributed by atoms with Crippen LogP contribution in [0.2, 0.25) is 0 Å². The molecule has 8 N–H and O–H groups in total. The molecule has 0 bridgehead atoms. The maximum atomic E-state index is 15.6. The molecule has 36 nitrogen and oxygen atoms in total. The van der Waals surface area contributed by atoms with Crippen molar-refractivity contribution in [2.75, 3.05) is 88.6 Å². The van der Waals surface area contributed by atoms with Gasteiger partial charge in [-0.1, -0.05) is 31.9 Å². The minimum atomic E-state index is -4.61. The normalized spacial score (nSPS) is 30.2. The number of alkyl halides is 2. The topological polar surface area (TPSA) is 413 Å². The van der Waals surface area contributed by atoms with Crippen molar-refractivity contribution in [1.82, 2.24) is 90.7 Å². The van der Waals surface area contributed by atoms with Gasteiger partial charge in [0.1, 0.15) is 63.0 Å². The van der Waals surface area contributed by atoms with Crippen molar-refractivity contribution in [1.29, 1.82) is 0 Å². The van der Waals surface area contributed by atoms with E-state index in [1.54, 1.807) is 49.6 Å². The Morgan fingerprint density at radius 3 is 0.826 bits per heavy atom. The predicted octanol–water partition coefficient (Wildman–Crippen LogP) is 2.20. The van der Waals surface area contributed by atoms with Gasteiger partial charge in [0.2, 0.25) is 0 Å². The standard InChI is InChI=1S/C52H62Br2N16O18S2.2H3N/c1-49-51(3)67-25-59-39-37-55(41(59)71)23-57-38-40-61(43(57)73)27-69-47(77)65-21-31-32(36(88-16-12-54)10-9-35(31)87-15-11-53)22-66-48(78)70(52(69,4)50(65,66)2)28-62(40)44(74)58(38)24-56(37)42(72)60(39)26-68(51)46(76)64(49)20-30-29(19-63(49)45(67)75)33(85-13-5-17-89(79,80)81)7-8-34(30)86-14-6-18-90(82,83)84;;/h7-10,37-40H,5-6,11-28H2,1-4H3,(H,79,80,81)(H,82,83,84);2*1H3. The molecule has 13 aliphatic rings. The SMILES string of the molecule is CC12N3Cc4c(OCCBr)ccc(OCCBr)c4CN1C(=O)N1CN4C(=O)N5CN6C(=O)N7CN8C(=O)N9Cc%10c(OCCCS(=O)(=O)[O-])ccc(OCCCS(=O)(=O)[O-])c%10CN%10C(=O)N(CN%11C(=O)N(CN%12C(=O)N(CN(C3=O)C12C)C4C%125)C6C%117)C8(C)C%109C.[NH4+].[NH4+]. The molecule has 15 rings (SSSR count). The molecule has 0 unspecified atom stereocenters. The fourth-order valence-electron chi connectivity index (χ4n) is 16.3. The van der Waals surface area contributed by atoms with Gasteiger partial charge >= 0.3 is 48.2 Å². The van der Waals surface area contributed by atoms with Crippen LogP contribution >= 0.6 is 31.9 Å². The molecule has 500 valence electrons. The van der Waals surface area contributed by atoms with Gasteiger partial charge in [-0.15, -0.1) is 0 Å². The third-order valence-corrected chi connectivity index (χ3v) is 23.1. The van der Waals surface area contributed by atoms with E-state index in [2.05, 4.69) is 31.9 Å². The second-order valence-electron chi connectivity index (χ2n) is 24.7. The molecule has 0 atom stereocenters. The molecule has 0 saturated carbocycles. The van der Waals surface area contributed by atoms with Crippen LogP contribution in [0.25, 0.3) is 0 Å². The second-order valence-corrected chi connectivity index (χ2v) is 29.3. The highest BCUT2D eigenvalue weighted by Crippen LogP contribution is 2.59. The molecule has 2 aromatic rings. The number of urea groups is 8. The van der Waals surface area contributed by atoms with Crippen LogP contribution in [-0.4, -0.2) is 289 Å². The fourth-order valence-corrected chi connectivity index (χ4v) is 17.6. The number of carbonyl (C=O) groups is 8. The van der Waals surface area contributed by atoms with Crippen molar-refractivity contribution in [2.45, 2.75) is 114 Å². The average molecular weight is 1460 g/mol. The van der Waals surface area contributed by atoms with Crippen LogP contribution in [0, 0.1) is 0 Å². The molecule has 0 aliphatic carbocycles. The highest BCUT2D eigenvalue weighted by Gasteiger charge is 2.80. The quantitative estimate of drug-likeness (QED) is 0.138. The third kappa shape index (κ3) is 8.08. The summed E-state index contributed by atoms with van der Waals surface area (Å²) in [4.78, 5) is 147. The van der Waals surface area contributed by atoms with Crippen molar-refractivity contribution in [3.05, 3.63) is 46.5 Å². The molecule has 0 spiro atoms. The molecule has 0 aromatic heterocycles. The van der Waals surface area contributed by atoms with Gasteiger partial charge in [-0.05, 0) is 64.8 Å². The zero-order valence-corrected chi connectivity index (χ0v) is 55.6. The summed E-state index contributed by atoms with van der Waals surface area (Å²) in [6.07, 6.45) is -5.21. The number of benzene rings is 2. The molecular weight excluding hydrogens is 1390 g/mol. The van der Waals surface area contributed by atoms with Gasteiger partial charge in [0.25, 0.3) is 0 Å². The highest BCUT2D eigenvalue weighted by molar-refractivity contribution is 9.09.